The molecule has 0 saturated carbocycles. The van der Waals surface area contributed by atoms with Gasteiger partial charge in [0.05, 0.1) is 34.2 Å². The second kappa shape index (κ2) is 15.3. The largest absolute Gasteiger partial charge is 0.459 e. The zero-order valence-corrected chi connectivity index (χ0v) is 29.8. The molecular formula is C36H39ClF4N8O3. The lowest BCUT2D eigenvalue weighted by atomic mass is 9.95. The number of esters is 1. The minimum Gasteiger partial charge on any atom is -0.459 e. The maximum atomic E-state index is 16.8. The van der Waals surface area contributed by atoms with Crippen LogP contribution in [0, 0.1) is 5.82 Å². The molecule has 0 saturated heterocycles. The second-order valence-corrected chi connectivity index (χ2v) is 12.5. The highest BCUT2D eigenvalue weighted by Crippen LogP contribution is 2.41. The predicted molar refractivity (Wildman–Crippen MR) is 190 cm³/mol. The molecule has 1 aliphatic heterocycles. The van der Waals surface area contributed by atoms with Crippen molar-refractivity contribution in [3.8, 4) is 16.9 Å². The molecule has 16 heteroatoms. The van der Waals surface area contributed by atoms with Crippen molar-refractivity contribution in [3.63, 3.8) is 0 Å². The number of carbonyl (C=O) groups excluding carboxylic acids is 2. The van der Waals surface area contributed by atoms with Crippen molar-refractivity contribution in [2.24, 2.45) is 5.73 Å². The summed E-state index contributed by atoms with van der Waals surface area (Å²) < 4.78 is 63.8. The van der Waals surface area contributed by atoms with Crippen LogP contribution >= 0.6 is 12.4 Å². The van der Waals surface area contributed by atoms with Gasteiger partial charge in [-0.25, -0.2) is 23.8 Å². The van der Waals surface area contributed by atoms with Crippen LogP contribution in [0.4, 0.5) is 23.5 Å². The number of nitrogens with zero attached hydrogens (tertiary/aromatic N) is 5. The van der Waals surface area contributed by atoms with Gasteiger partial charge < -0.3 is 25.7 Å². The molecule has 4 N–H and O–H groups in total. The fraction of sp³-hybridized carbons (Fsp3) is 0.361. The van der Waals surface area contributed by atoms with Gasteiger partial charge in [0, 0.05) is 60.2 Å². The maximum Gasteiger partial charge on any atom is 0.419 e. The Morgan fingerprint density at radius 2 is 1.75 bits per heavy atom. The number of ether oxygens (including phenoxy) is 1. The third kappa shape index (κ3) is 7.33. The van der Waals surface area contributed by atoms with Gasteiger partial charge in [0.1, 0.15) is 18.5 Å². The fourth-order valence-corrected chi connectivity index (χ4v) is 6.38. The van der Waals surface area contributed by atoms with Crippen molar-refractivity contribution in [1.82, 2.24) is 30.0 Å². The molecule has 0 bridgehead atoms. The summed E-state index contributed by atoms with van der Waals surface area (Å²) in [6.45, 7) is 7.32. The number of rotatable bonds is 10. The molecule has 5 aromatic rings. The summed E-state index contributed by atoms with van der Waals surface area (Å²) in [4.78, 5) is 37.7. The number of nitrogens with two attached hydrogens (primary N) is 1. The summed E-state index contributed by atoms with van der Waals surface area (Å²) in [5.41, 5.74) is 10.6. The topological polar surface area (TPSA) is 144 Å². The number of alkyl halides is 3. The first-order valence-corrected chi connectivity index (χ1v) is 16.7. The normalized spacial score (nSPS) is 14.1. The first-order valence-electron chi connectivity index (χ1n) is 16.7. The molecule has 0 aliphatic carbocycles. The molecule has 2 aromatic carbocycles. The van der Waals surface area contributed by atoms with E-state index >= 15 is 4.39 Å². The lowest BCUT2D eigenvalue weighted by Crippen LogP contribution is -2.46. The summed E-state index contributed by atoms with van der Waals surface area (Å²) >= 11 is 0. The van der Waals surface area contributed by atoms with Gasteiger partial charge in [0.2, 0.25) is 11.9 Å². The molecule has 11 nitrogen and oxygen atoms in total. The molecule has 4 heterocycles. The van der Waals surface area contributed by atoms with E-state index in [0.717, 1.165) is 34.9 Å². The van der Waals surface area contributed by atoms with Crippen molar-refractivity contribution in [2.75, 3.05) is 11.4 Å². The number of aromatic amines is 1. The number of aromatic nitrogens is 5. The molecule has 1 amide bonds. The number of anilines is 1. The van der Waals surface area contributed by atoms with Crippen LogP contribution in [0.15, 0.2) is 48.9 Å². The first kappa shape index (κ1) is 38.2. The summed E-state index contributed by atoms with van der Waals surface area (Å²) in [6, 6.07) is 7.26. The van der Waals surface area contributed by atoms with Crippen LogP contribution in [0.3, 0.4) is 0 Å². The number of nitrogens with one attached hydrogen (secondary N) is 2. The zero-order valence-electron chi connectivity index (χ0n) is 29.0. The number of para-hydroxylation sites is 1. The van der Waals surface area contributed by atoms with Crippen LogP contribution in [0.25, 0.3) is 27.8 Å². The van der Waals surface area contributed by atoms with E-state index in [1.807, 2.05) is 32.0 Å². The highest BCUT2D eigenvalue weighted by molar-refractivity contribution is 5.98. The number of H-pyrrole nitrogens is 1. The van der Waals surface area contributed by atoms with Gasteiger partial charge in [-0.2, -0.15) is 18.3 Å². The van der Waals surface area contributed by atoms with E-state index in [2.05, 4.69) is 20.3 Å². The molecule has 2 atom stereocenters. The number of benzene rings is 2. The van der Waals surface area contributed by atoms with E-state index in [-0.39, 0.29) is 37.1 Å². The van der Waals surface area contributed by atoms with Crippen LogP contribution in [-0.2, 0) is 52.9 Å². The third-order valence-electron chi connectivity index (χ3n) is 9.07. The van der Waals surface area contributed by atoms with E-state index in [1.165, 1.54) is 19.9 Å². The Bertz CT molecular complexity index is 2070. The quantitative estimate of drug-likeness (QED) is 0.117. The zero-order chi connectivity index (χ0) is 36.6. The Labute approximate surface area is 303 Å². The molecule has 52 heavy (non-hydrogen) atoms. The standard InChI is InChI=1S/C36H38F4N8O3.ClH/c1-5-21-8-7-9-22(6-2)31(21)48-32(26-17-47(13-11-28(26)46-48)35-43-15-24(16-44-35)36(38,39)40)29-25-10-12-42-30(25)23(14-27(29)37)18-51-34(50)20(4)45-33(49)19(3)41;/h7-10,12,14-16,19-20,42H,5-6,11,13,17-18,41H2,1-4H3,(H,45,49);1H/t19-,20-;/m0./s1. The SMILES string of the molecule is CCc1cccc(CC)c1-n1nc2c(c1-c1c(F)cc(COC(=O)[C@H](C)NC(=O)[C@H](C)N)c3[nH]ccc13)CN(c1ncc(C(F)(F)F)cn1)CC2.Cl. The Hall–Kier alpha value is -5.02. The highest BCUT2D eigenvalue weighted by atomic mass is 35.5. The summed E-state index contributed by atoms with van der Waals surface area (Å²) in [7, 11) is 0. The van der Waals surface area contributed by atoms with E-state index in [0.29, 0.717) is 53.5 Å². The van der Waals surface area contributed by atoms with Crippen LogP contribution in [0.5, 0.6) is 0 Å². The smallest absolute Gasteiger partial charge is 0.419 e. The average molecular weight is 743 g/mol. The molecule has 0 radical (unpaired) electrons. The lowest BCUT2D eigenvalue weighted by molar-refractivity contribution is -0.148. The van der Waals surface area contributed by atoms with Crippen LogP contribution in [0.1, 0.15) is 61.2 Å². The Kier molecular flexibility index (Phi) is 11.2. The van der Waals surface area contributed by atoms with E-state index in [9.17, 15) is 22.8 Å². The summed E-state index contributed by atoms with van der Waals surface area (Å²) in [5.74, 6) is -1.70. The number of halogens is 5. The molecule has 0 fully saturated rings. The summed E-state index contributed by atoms with van der Waals surface area (Å²) in [6.07, 6.45) is 0.399. The van der Waals surface area contributed by atoms with Crippen molar-refractivity contribution in [2.45, 2.75) is 78.4 Å². The van der Waals surface area contributed by atoms with Gasteiger partial charge in [-0.15, -0.1) is 12.4 Å². The van der Waals surface area contributed by atoms with E-state index in [4.69, 9.17) is 15.6 Å². The van der Waals surface area contributed by atoms with Crippen LogP contribution in [0.2, 0.25) is 0 Å². The molecule has 276 valence electrons. The Morgan fingerprint density at radius 3 is 2.37 bits per heavy atom. The highest BCUT2D eigenvalue weighted by Gasteiger charge is 2.34. The monoisotopic (exact) mass is 742 g/mol. The first-order chi connectivity index (χ1) is 24.3. The second-order valence-electron chi connectivity index (χ2n) is 12.5. The number of fused-ring (bicyclic) bond motifs is 2. The number of hydrogen-bond acceptors (Lipinski definition) is 8. The van der Waals surface area contributed by atoms with Gasteiger partial charge in [-0.05, 0) is 49.9 Å². The van der Waals surface area contributed by atoms with Crippen LogP contribution < -0.4 is 16.0 Å². The van der Waals surface area contributed by atoms with E-state index < -0.39 is 41.5 Å². The number of aryl methyl sites for hydroxylation is 2. The molecular weight excluding hydrogens is 704 g/mol. The predicted octanol–water partition coefficient (Wildman–Crippen LogP) is 5.97. The van der Waals surface area contributed by atoms with Gasteiger partial charge in [-0.3, -0.25) is 4.79 Å². The van der Waals surface area contributed by atoms with Crippen molar-refractivity contribution < 1.29 is 31.9 Å². The lowest BCUT2D eigenvalue weighted by Gasteiger charge is -2.27. The van der Waals surface area contributed by atoms with Crippen molar-refractivity contribution in [3.05, 3.63) is 88.3 Å². The maximum absolute atomic E-state index is 16.8. The number of hydrogen-bond donors (Lipinski definition) is 3. The molecule has 1 aliphatic rings. The Balaban J connectivity index is 0.00000523. The average Bonchev–Trinajstić information content (AvgIpc) is 3.75. The summed E-state index contributed by atoms with van der Waals surface area (Å²) in [5, 5.41) is 8.07. The minimum absolute atomic E-state index is 0. The molecule has 6 rings (SSSR count). The van der Waals surface area contributed by atoms with E-state index in [1.54, 1.807) is 21.8 Å². The molecule has 3 aromatic heterocycles. The number of amides is 1. The van der Waals surface area contributed by atoms with Crippen molar-refractivity contribution >= 4 is 41.1 Å². The fourth-order valence-electron chi connectivity index (χ4n) is 6.38. The van der Waals surface area contributed by atoms with Gasteiger partial charge in [0.15, 0.2) is 0 Å². The molecule has 0 unspecified atom stereocenters. The minimum atomic E-state index is -4.58. The number of carbonyl (C=O) groups is 2. The van der Waals surface area contributed by atoms with Gasteiger partial charge in [-0.1, -0.05) is 32.0 Å². The molecule has 0 spiro atoms. The Morgan fingerprint density at radius 1 is 1.08 bits per heavy atom. The van der Waals surface area contributed by atoms with Crippen molar-refractivity contribution in [1.29, 1.82) is 0 Å². The third-order valence-corrected chi connectivity index (χ3v) is 9.07. The van der Waals surface area contributed by atoms with Gasteiger partial charge in [0.25, 0.3) is 0 Å². The van der Waals surface area contributed by atoms with Crippen LogP contribution in [-0.4, -0.2) is 55.2 Å². The van der Waals surface area contributed by atoms with Gasteiger partial charge >= 0.3 is 12.1 Å².